The second-order valence-electron chi connectivity index (χ2n) is 14.6. The van der Waals surface area contributed by atoms with Crippen LogP contribution in [-0.4, -0.2) is 246 Å². The van der Waals surface area contributed by atoms with Crippen molar-refractivity contribution in [1.82, 2.24) is 58.0 Å². The molecule has 0 saturated heterocycles. The lowest BCUT2D eigenvalue weighted by Crippen LogP contribution is -2.41. The summed E-state index contributed by atoms with van der Waals surface area (Å²) >= 11 is 0. The predicted molar refractivity (Wildman–Crippen MR) is 365 cm³/mol. The molecule has 0 aliphatic carbocycles. The molecule has 0 saturated carbocycles. The first-order chi connectivity index (χ1) is 35.5. The van der Waals surface area contributed by atoms with E-state index in [1.165, 1.54) is 38.5 Å². The van der Waals surface area contributed by atoms with E-state index in [0.717, 1.165) is 52.4 Å². The van der Waals surface area contributed by atoms with E-state index in [2.05, 4.69) is 183 Å². The van der Waals surface area contributed by atoms with Crippen LogP contribution in [0.4, 0.5) is 0 Å². The maximum Gasteiger partial charge on any atom is 0.300 e. The molecular formula is C50H132B12N12. The van der Waals surface area contributed by atoms with E-state index in [1.54, 1.807) is 7.55 Å². The second-order valence-corrected chi connectivity index (χ2v) is 14.6. The molecule has 12 radical (unpaired) electrons. The minimum Gasteiger partial charge on any atom is -0.393 e. The Morgan fingerprint density at radius 3 is 1.05 bits per heavy atom. The van der Waals surface area contributed by atoms with Gasteiger partial charge in [-0.05, 0) is 128 Å². The van der Waals surface area contributed by atoms with Gasteiger partial charge in [-0.25, -0.2) is 0 Å². The number of hydrogen-bond donors (Lipinski definition) is 2. The van der Waals surface area contributed by atoms with E-state index in [4.69, 9.17) is 0 Å². The molecule has 0 aromatic rings. The lowest BCUT2D eigenvalue weighted by molar-refractivity contribution is 0.468. The van der Waals surface area contributed by atoms with Crippen LogP contribution in [0.2, 0.25) is 40.9 Å². The zero-order valence-electron chi connectivity index (χ0n) is 56.9. The van der Waals surface area contributed by atoms with E-state index in [-0.39, 0.29) is 0 Å². The van der Waals surface area contributed by atoms with Crippen LogP contribution in [-0.2, 0) is 0 Å². The summed E-state index contributed by atoms with van der Waals surface area (Å²) in [4.78, 5) is 10.7. The number of hydrogen-bond acceptors (Lipinski definition) is 12. The number of rotatable bonds is 34. The topological polar surface area (TPSA) is 56.5 Å². The van der Waals surface area contributed by atoms with E-state index in [0.29, 0.717) is 0 Å². The summed E-state index contributed by atoms with van der Waals surface area (Å²) in [6.07, 6.45) is 11.2. The molecule has 0 aliphatic heterocycles. The highest BCUT2D eigenvalue weighted by Gasteiger charge is 2.10. The number of nitrogens with one attached hydrogen (secondary N) is 2. The van der Waals surface area contributed by atoms with Gasteiger partial charge in [0.15, 0.2) is 44.5 Å². The van der Waals surface area contributed by atoms with Crippen molar-refractivity contribution in [2.75, 3.05) is 109 Å². The number of unbranched alkanes of at least 4 members (excludes halogenated alkanes) is 2. The van der Waals surface area contributed by atoms with Crippen molar-refractivity contribution in [2.45, 2.75) is 204 Å². The van der Waals surface area contributed by atoms with Gasteiger partial charge in [-0.1, -0.05) is 191 Å². The van der Waals surface area contributed by atoms with Crippen LogP contribution in [0.25, 0.3) is 0 Å². The molecule has 0 unspecified atom stereocenters. The molecule has 74 heavy (non-hydrogen) atoms. The standard InChI is InChI=1S/C10H24B2N2.C8H20B2N2.C8H16B2N2.C6H16B2N2.C4H12B2N2.C2H8B2N2.6C2H6/c1-5-7-9-13(4)12-14(11-3)10-8-6-2;2*1-5-7-11(4)10-12(9-3)8-6-2;1-5-9(4)8-10(6-2)7-3;1-5-8(4)6-7(2)3;1-3-6-4-5-2;6*1-2/h5-10H2,1-4H3;5-8H2,1-4H3;5-6H,1-2,7-8H2,3-4H3;5-6H2,1-4H3;1-4H3;5-6H,1-2H3;6*1-2H3. The average Bonchev–Trinajstić information content (AvgIpc) is 3.43. The van der Waals surface area contributed by atoms with Crippen molar-refractivity contribution in [1.29, 1.82) is 0 Å². The van der Waals surface area contributed by atoms with Crippen LogP contribution < -0.4 is 10.4 Å². The Balaban J connectivity index is -0.0000000605. The van der Waals surface area contributed by atoms with E-state index in [1.807, 2.05) is 205 Å². The zero-order chi connectivity index (χ0) is 61.0. The summed E-state index contributed by atoms with van der Waals surface area (Å²) in [5.74, 6) is 0. The first kappa shape index (κ1) is 102. The molecule has 0 aromatic heterocycles. The van der Waals surface area contributed by atoms with Crippen LogP contribution in [0, 0.1) is 0 Å². The third-order valence-electron chi connectivity index (χ3n) is 8.24. The molecule has 0 spiro atoms. The summed E-state index contributed by atoms with van der Waals surface area (Å²) in [5, 5.41) is 5.64. The van der Waals surface area contributed by atoms with Gasteiger partial charge in [0.1, 0.15) is 0 Å². The fraction of sp³-hybridized carbons (Fsp3) is 0.920. The van der Waals surface area contributed by atoms with Gasteiger partial charge in [0, 0.05) is 6.54 Å². The maximum atomic E-state index is 3.68. The van der Waals surface area contributed by atoms with Gasteiger partial charge in [-0.15, -0.1) is 13.2 Å². The molecule has 24 heteroatoms. The molecule has 428 valence electrons. The van der Waals surface area contributed by atoms with Crippen molar-refractivity contribution in [3.05, 3.63) is 25.3 Å². The van der Waals surface area contributed by atoms with E-state index < -0.39 is 0 Å². The van der Waals surface area contributed by atoms with Gasteiger partial charge < -0.3 is 58.0 Å². The molecule has 0 bridgehead atoms. The van der Waals surface area contributed by atoms with Gasteiger partial charge in [0.05, 0.1) is 0 Å². The van der Waals surface area contributed by atoms with Gasteiger partial charge in [-0.2, -0.15) is 0 Å². The van der Waals surface area contributed by atoms with Gasteiger partial charge in [0.2, 0.25) is 0 Å². The summed E-state index contributed by atoms with van der Waals surface area (Å²) in [6.45, 7) is 65.0. The monoisotopic (exact) mass is 1030 g/mol. The highest BCUT2D eigenvalue weighted by Crippen LogP contribution is 1.96. The van der Waals surface area contributed by atoms with Crippen molar-refractivity contribution < 1.29 is 0 Å². The minimum atomic E-state index is 0.845. The van der Waals surface area contributed by atoms with Crippen LogP contribution in [0.3, 0.4) is 0 Å². The SMILES string of the molecule is C=CCN(C)[B]N([B]C)CC=C.CC.CC.CC.CC.CC.CC.C[B]N(C)[B]N(C)C.C[B]N([B]N(C)CC)CC.C[B]N([B]N(C)CCC)CCC.C[B]N([B]N(C)CCCC)CCCC.C[B]N[B]NC. The molecule has 0 amide bonds. The zero-order valence-corrected chi connectivity index (χ0v) is 56.9. The van der Waals surface area contributed by atoms with Crippen molar-refractivity contribution in [3.8, 4) is 0 Å². The lowest BCUT2D eigenvalue weighted by atomic mass is 9.84. The Labute approximate surface area is 483 Å². The Kier molecular flexibility index (Phi) is 145. The molecule has 0 fully saturated rings. The lowest BCUT2D eigenvalue weighted by Gasteiger charge is -2.24. The fourth-order valence-electron chi connectivity index (χ4n) is 4.62. The van der Waals surface area contributed by atoms with Crippen LogP contribution in [0.5, 0.6) is 0 Å². The number of likely N-dealkylation sites (N-methyl/N-ethyl adjacent to an activating group) is 1. The Bertz CT molecular complexity index is 845. The molecule has 0 aromatic carbocycles. The summed E-state index contributed by atoms with van der Waals surface area (Å²) in [6, 6.07) is 0. The largest absolute Gasteiger partial charge is 0.393 e. The van der Waals surface area contributed by atoms with Gasteiger partial charge in [-0.3, -0.25) is 0 Å². The van der Waals surface area contributed by atoms with Crippen molar-refractivity contribution in [3.63, 3.8) is 0 Å². The Morgan fingerprint density at radius 1 is 0.392 bits per heavy atom. The number of nitrogens with zero attached hydrogens (tertiary/aromatic N) is 10. The molecule has 2 N–H and O–H groups in total. The first-order valence-electron chi connectivity index (χ1n) is 29.2. The Hall–Kier alpha value is -0.221. The van der Waals surface area contributed by atoms with Crippen LogP contribution in [0.15, 0.2) is 25.3 Å². The van der Waals surface area contributed by atoms with Gasteiger partial charge in [0.25, 0.3) is 37.7 Å². The van der Waals surface area contributed by atoms with Crippen LogP contribution in [0.1, 0.15) is 163 Å². The molecule has 0 aliphatic rings. The fourth-order valence-corrected chi connectivity index (χ4v) is 4.62. The quantitative estimate of drug-likeness (QED) is 0.0367. The van der Waals surface area contributed by atoms with Crippen LogP contribution >= 0.6 is 0 Å². The summed E-state index contributed by atoms with van der Waals surface area (Å²) in [7, 11) is 40.7. The molecule has 12 nitrogen and oxygen atoms in total. The van der Waals surface area contributed by atoms with E-state index >= 15 is 0 Å². The molecule has 0 atom stereocenters. The first-order valence-corrected chi connectivity index (χ1v) is 29.2. The third-order valence-corrected chi connectivity index (χ3v) is 8.24. The highest BCUT2D eigenvalue weighted by atomic mass is 15.1. The average molecular weight is 1030 g/mol. The molecule has 0 rings (SSSR count). The normalized spacial score (nSPS) is 9.11. The second kappa shape index (κ2) is 105. The highest BCUT2D eigenvalue weighted by molar-refractivity contribution is 6.50. The van der Waals surface area contributed by atoms with Crippen molar-refractivity contribution >= 4 is 89.8 Å². The molecule has 0 heterocycles. The maximum absolute atomic E-state index is 3.68. The van der Waals surface area contributed by atoms with Crippen molar-refractivity contribution in [2.24, 2.45) is 0 Å². The smallest absolute Gasteiger partial charge is 0.300 e. The summed E-state index contributed by atoms with van der Waals surface area (Å²) in [5.41, 5.74) is 0. The van der Waals surface area contributed by atoms with E-state index in [9.17, 15) is 0 Å². The van der Waals surface area contributed by atoms with Gasteiger partial charge >= 0.3 is 7.55 Å². The molecular weight excluding hydrogens is 898 g/mol. The Morgan fingerprint density at radius 2 is 0.770 bits per heavy atom. The minimum absolute atomic E-state index is 0.845. The third kappa shape index (κ3) is 112. The summed E-state index contributed by atoms with van der Waals surface area (Å²) < 4.78 is 10.7. The predicted octanol–water partition coefficient (Wildman–Crippen LogP) is 9.35.